The predicted octanol–water partition coefficient (Wildman–Crippen LogP) is -0.387. The molecular formula is C12H11N3O4. The summed E-state index contributed by atoms with van der Waals surface area (Å²) in [6.07, 6.45) is 0.413. The highest BCUT2D eigenvalue weighted by Gasteiger charge is 2.39. The monoisotopic (exact) mass is 261 g/mol. The van der Waals surface area contributed by atoms with Gasteiger partial charge >= 0.3 is 5.97 Å². The Morgan fingerprint density at radius 2 is 2.21 bits per heavy atom. The number of nitrogens with zero attached hydrogens (tertiary/aromatic N) is 3. The minimum Gasteiger partial charge on any atom is -0.480 e. The molecule has 1 fully saturated rings. The van der Waals surface area contributed by atoms with E-state index >= 15 is 0 Å². The molecule has 1 aliphatic rings. The highest BCUT2D eigenvalue weighted by Crippen LogP contribution is 2.20. The minimum absolute atomic E-state index is 0.0113. The summed E-state index contributed by atoms with van der Waals surface area (Å²) < 4.78 is 0. The number of hydrogen-bond donors (Lipinski definition) is 2. The zero-order valence-corrected chi connectivity index (χ0v) is 9.85. The maximum absolute atomic E-state index is 12.1. The lowest BCUT2D eigenvalue weighted by atomic mass is 10.2. The second-order valence-electron chi connectivity index (χ2n) is 4.24. The Balaban J connectivity index is 2.22. The first-order chi connectivity index (χ1) is 9.02. The molecule has 2 N–H and O–H groups in total. The van der Waals surface area contributed by atoms with Gasteiger partial charge in [-0.3, -0.25) is 4.79 Å². The first-order valence-electron chi connectivity index (χ1n) is 5.61. The number of carbonyl (C=O) groups excluding carboxylic acids is 1. The zero-order chi connectivity index (χ0) is 14.0. The van der Waals surface area contributed by atoms with E-state index in [2.05, 4.69) is 4.98 Å². The molecule has 0 spiro atoms. The van der Waals surface area contributed by atoms with E-state index in [1.807, 2.05) is 6.07 Å². The fourth-order valence-electron chi connectivity index (χ4n) is 2.01. The van der Waals surface area contributed by atoms with Crippen LogP contribution in [-0.4, -0.2) is 50.7 Å². The smallest absolute Gasteiger partial charge is 0.326 e. The molecule has 0 bridgehead atoms. The molecule has 1 amide bonds. The molecule has 2 unspecified atom stereocenters. The molecule has 98 valence electrons. The van der Waals surface area contributed by atoms with Gasteiger partial charge in [-0.15, -0.1) is 0 Å². The number of pyridine rings is 1. The van der Waals surface area contributed by atoms with Gasteiger partial charge in [-0.1, -0.05) is 0 Å². The minimum atomic E-state index is -1.15. The molecule has 7 nitrogen and oxygen atoms in total. The van der Waals surface area contributed by atoms with Gasteiger partial charge in [0.15, 0.2) is 0 Å². The van der Waals surface area contributed by atoms with Crippen LogP contribution in [0.5, 0.6) is 0 Å². The number of carboxylic acids is 1. The van der Waals surface area contributed by atoms with Gasteiger partial charge in [0, 0.05) is 19.2 Å². The second kappa shape index (κ2) is 5.04. The average Bonchev–Trinajstić information content (AvgIpc) is 2.80. The molecule has 1 saturated heterocycles. The standard InChI is InChI=1S/C12H11N3O4/c13-4-7-1-2-9(14-5-7)11(17)15-6-8(16)3-10(15)12(18)19/h1-2,5,8,10,16H,3,6H2,(H,18,19). The van der Waals surface area contributed by atoms with Crippen molar-refractivity contribution in [2.75, 3.05) is 6.54 Å². The van der Waals surface area contributed by atoms with Gasteiger partial charge in [0.05, 0.1) is 11.7 Å². The fraction of sp³-hybridized carbons (Fsp3) is 0.333. The van der Waals surface area contributed by atoms with Crippen molar-refractivity contribution in [1.29, 1.82) is 5.26 Å². The highest BCUT2D eigenvalue weighted by atomic mass is 16.4. The molecule has 2 heterocycles. The van der Waals surface area contributed by atoms with Gasteiger partial charge in [0.2, 0.25) is 0 Å². The molecule has 0 aromatic carbocycles. The van der Waals surface area contributed by atoms with Crippen LogP contribution in [-0.2, 0) is 4.79 Å². The largest absolute Gasteiger partial charge is 0.480 e. The molecule has 0 saturated carbocycles. The topological polar surface area (TPSA) is 115 Å². The van der Waals surface area contributed by atoms with Crippen LogP contribution in [0, 0.1) is 11.3 Å². The van der Waals surface area contributed by atoms with Crippen LogP contribution in [0.15, 0.2) is 18.3 Å². The van der Waals surface area contributed by atoms with Crippen LogP contribution < -0.4 is 0 Å². The second-order valence-corrected chi connectivity index (χ2v) is 4.24. The van der Waals surface area contributed by atoms with E-state index in [0.29, 0.717) is 5.56 Å². The Kier molecular flexibility index (Phi) is 3.44. The van der Waals surface area contributed by atoms with Gasteiger partial charge in [0.25, 0.3) is 5.91 Å². The van der Waals surface area contributed by atoms with E-state index in [-0.39, 0.29) is 18.7 Å². The number of amides is 1. The maximum Gasteiger partial charge on any atom is 0.326 e. The summed E-state index contributed by atoms with van der Waals surface area (Å²) in [5.74, 6) is -1.72. The van der Waals surface area contributed by atoms with Crippen LogP contribution in [0.4, 0.5) is 0 Å². The van der Waals surface area contributed by atoms with Gasteiger partial charge in [-0.2, -0.15) is 5.26 Å². The molecular weight excluding hydrogens is 250 g/mol. The lowest BCUT2D eigenvalue weighted by molar-refractivity contribution is -0.141. The van der Waals surface area contributed by atoms with Gasteiger partial charge in [-0.05, 0) is 12.1 Å². The van der Waals surface area contributed by atoms with Crippen LogP contribution in [0.3, 0.4) is 0 Å². The normalized spacial score (nSPS) is 22.0. The third kappa shape index (κ3) is 2.53. The van der Waals surface area contributed by atoms with Gasteiger partial charge < -0.3 is 15.1 Å². The molecule has 19 heavy (non-hydrogen) atoms. The van der Waals surface area contributed by atoms with Crippen molar-refractivity contribution in [2.24, 2.45) is 0 Å². The summed E-state index contributed by atoms with van der Waals surface area (Å²) in [5, 5.41) is 27.1. The van der Waals surface area contributed by atoms with E-state index in [1.165, 1.54) is 18.3 Å². The number of carbonyl (C=O) groups is 2. The van der Waals surface area contributed by atoms with Crippen LogP contribution in [0.25, 0.3) is 0 Å². The van der Waals surface area contributed by atoms with Crippen molar-refractivity contribution in [3.63, 3.8) is 0 Å². The summed E-state index contributed by atoms with van der Waals surface area (Å²) in [6, 6.07) is 3.63. The van der Waals surface area contributed by atoms with E-state index in [0.717, 1.165) is 4.90 Å². The highest BCUT2D eigenvalue weighted by molar-refractivity contribution is 5.95. The van der Waals surface area contributed by atoms with Crippen molar-refractivity contribution >= 4 is 11.9 Å². The van der Waals surface area contributed by atoms with Crippen molar-refractivity contribution in [3.05, 3.63) is 29.6 Å². The third-order valence-corrected chi connectivity index (χ3v) is 2.94. The number of aliphatic carboxylic acids is 1. The van der Waals surface area contributed by atoms with E-state index < -0.39 is 24.0 Å². The molecule has 1 aromatic rings. The summed E-state index contributed by atoms with van der Waals surface area (Å²) in [6.45, 7) is -0.0303. The number of likely N-dealkylation sites (tertiary alicyclic amines) is 1. The first kappa shape index (κ1) is 13.0. The van der Waals surface area contributed by atoms with Gasteiger partial charge in [-0.25, -0.2) is 9.78 Å². The molecule has 1 aliphatic heterocycles. The maximum atomic E-state index is 12.1. The summed E-state index contributed by atoms with van der Waals surface area (Å²) in [4.78, 5) is 28.0. The molecule has 0 radical (unpaired) electrons. The summed E-state index contributed by atoms with van der Waals surface area (Å²) in [5.41, 5.74) is 0.368. The average molecular weight is 261 g/mol. The zero-order valence-electron chi connectivity index (χ0n) is 9.85. The van der Waals surface area contributed by atoms with Crippen LogP contribution >= 0.6 is 0 Å². The number of β-amino-alcohol motifs (C(OH)–C–C–N with tert-alkyl or cyclic N) is 1. The Morgan fingerprint density at radius 1 is 1.47 bits per heavy atom. The summed E-state index contributed by atoms with van der Waals surface area (Å²) in [7, 11) is 0. The van der Waals surface area contributed by atoms with Crippen molar-refractivity contribution in [1.82, 2.24) is 9.88 Å². The lowest BCUT2D eigenvalue weighted by Gasteiger charge is -2.20. The molecule has 2 rings (SSSR count). The number of carboxylic acid groups (broad SMARTS) is 1. The predicted molar refractivity (Wildman–Crippen MR) is 62.0 cm³/mol. The molecule has 0 aliphatic carbocycles. The molecule has 1 aromatic heterocycles. The van der Waals surface area contributed by atoms with E-state index in [9.17, 15) is 14.7 Å². The molecule has 2 atom stereocenters. The van der Waals surface area contributed by atoms with Crippen molar-refractivity contribution < 1.29 is 19.8 Å². The quantitative estimate of drug-likeness (QED) is 0.749. The number of hydrogen-bond acceptors (Lipinski definition) is 5. The Labute approximate surface area is 108 Å². The Hall–Kier alpha value is -2.46. The van der Waals surface area contributed by atoms with Gasteiger partial charge in [0.1, 0.15) is 17.8 Å². The van der Waals surface area contributed by atoms with E-state index in [1.54, 1.807) is 0 Å². The summed E-state index contributed by atoms with van der Waals surface area (Å²) >= 11 is 0. The molecule has 7 heteroatoms. The number of aliphatic hydroxyl groups is 1. The number of nitriles is 1. The Morgan fingerprint density at radius 3 is 2.74 bits per heavy atom. The van der Waals surface area contributed by atoms with E-state index in [4.69, 9.17) is 10.4 Å². The lowest BCUT2D eigenvalue weighted by Crippen LogP contribution is -2.40. The van der Waals surface area contributed by atoms with Crippen LogP contribution in [0.2, 0.25) is 0 Å². The number of rotatable bonds is 2. The third-order valence-electron chi connectivity index (χ3n) is 2.94. The SMILES string of the molecule is N#Cc1ccc(C(=O)N2CC(O)CC2C(=O)O)nc1. The number of aliphatic hydroxyl groups excluding tert-OH is 1. The van der Waals surface area contributed by atoms with Crippen molar-refractivity contribution in [2.45, 2.75) is 18.6 Å². The first-order valence-corrected chi connectivity index (χ1v) is 5.61. The Bertz CT molecular complexity index is 549. The van der Waals surface area contributed by atoms with Crippen molar-refractivity contribution in [3.8, 4) is 6.07 Å². The fourth-order valence-corrected chi connectivity index (χ4v) is 2.01. The number of aromatic nitrogens is 1. The van der Waals surface area contributed by atoms with Crippen LogP contribution in [0.1, 0.15) is 22.5 Å².